The molecule has 1 aliphatic rings. The lowest BCUT2D eigenvalue weighted by Crippen LogP contribution is -2.18. The zero-order valence-corrected chi connectivity index (χ0v) is 11.1. The maximum absolute atomic E-state index is 6.28. The number of hydrogen-bond donors (Lipinski definition) is 1. The van der Waals surface area contributed by atoms with Crippen LogP contribution in [0.1, 0.15) is 30.1 Å². The summed E-state index contributed by atoms with van der Waals surface area (Å²) >= 11 is 12.3. The van der Waals surface area contributed by atoms with Gasteiger partial charge in [0.15, 0.2) is 0 Å². The van der Waals surface area contributed by atoms with Crippen LogP contribution in [0.3, 0.4) is 0 Å². The summed E-state index contributed by atoms with van der Waals surface area (Å²) in [5.74, 6) is 1.31. The molecule has 18 heavy (non-hydrogen) atoms. The summed E-state index contributed by atoms with van der Waals surface area (Å²) in [5.41, 5.74) is 6.66. The Kier molecular flexibility index (Phi) is 2.92. The van der Waals surface area contributed by atoms with E-state index in [-0.39, 0.29) is 5.92 Å². The van der Waals surface area contributed by atoms with Crippen molar-refractivity contribution in [2.75, 3.05) is 5.73 Å². The molecule has 0 saturated heterocycles. The molecule has 1 aromatic carbocycles. The molecule has 0 spiro atoms. The smallest absolute Gasteiger partial charge is 0.239 e. The minimum Gasteiger partial charge on any atom is -0.366 e. The molecule has 94 valence electrons. The molecule has 1 atom stereocenters. The third kappa shape index (κ3) is 1.85. The number of hydrogen-bond acceptors (Lipinski definition) is 3. The fourth-order valence-electron chi connectivity index (χ4n) is 2.45. The molecule has 6 heteroatoms. The van der Waals surface area contributed by atoms with Gasteiger partial charge in [-0.15, -0.1) is 5.10 Å². The van der Waals surface area contributed by atoms with E-state index in [1.165, 1.54) is 0 Å². The Morgan fingerprint density at radius 2 is 2.17 bits per heavy atom. The van der Waals surface area contributed by atoms with Gasteiger partial charge in [0.2, 0.25) is 5.95 Å². The van der Waals surface area contributed by atoms with Crippen LogP contribution in [0.2, 0.25) is 10.0 Å². The van der Waals surface area contributed by atoms with Gasteiger partial charge in [0.1, 0.15) is 5.82 Å². The molecular formula is C12H12Cl2N4. The second-order valence-corrected chi connectivity index (χ2v) is 5.17. The number of nitrogens with two attached hydrogens (primary N) is 1. The van der Waals surface area contributed by atoms with Gasteiger partial charge < -0.3 is 5.73 Å². The predicted octanol–water partition coefficient (Wildman–Crippen LogP) is 3.09. The minimum absolute atomic E-state index is 0.120. The Balaban J connectivity index is 2.11. The summed E-state index contributed by atoms with van der Waals surface area (Å²) in [4.78, 5) is 4.31. The SMILES string of the molecule is Nc1nc2n(n1)CCCC2c1cccc(Cl)c1Cl. The highest BCUT2D eigenvalue weighted by molar-refractivity contribution is 6.42. The fraction of sp³-hybridized carbons (Fsp3) is 0.333. The van der Waals surface area contributed by atoms with E-state index in [4.69, 9.17) is 28.9 Å². The van der Waals surface area contributed by atoms with Crippen molar-refractivity contribution in [2.24, 2.45) is 0 Å². The van der Waals surface area contributed by atoms with Crippen LogP contribution in [-0.4, -0.2) is 14.8 Å². The lowest BCUT2D eigenvalue weighted by atomic mass is 9.91. The second-order valence-electron chi connectivity index (χ2n) is 4.39. The number of nitrogen functional groups attached to an aromatic ring is 1. The molecule has 3 rings (SSSR count). The van der Waals surface area contributed by atoms with E-state index in [2.05, 4.69) is 10.1 Å². The largest absolute Gasteiger partial charge is 0.366 e. The van der Waals surface area contributed by atoms with Gasteiger partial charge in [0, 0.05) is 12.5 Å². The number of aryl methyl sites for hydroxylation is 1. The average Bonchev–Trinajstić information content (AvgIpc) is 2.73. The maximum atomic E-state index is 6.28. The Morgan fingerprint density at radius 1 is 1.33 bits per heavy atom. The van der Waals surface area contributed by atoms with E-state index in [0.717, 1.165) is 30.8 Å². The van der Waals surface area contributed by atoms with E-state index in [0.29, 0.717) is 16.0 Å². The van der Waals surface area contributed by atoms with E-state index in [1.807, 2.05) is 16.8 Å². The van der Waals surface area contributed by atoms with Gasteiger partial charge in [-0.05, 0) is 24.5 Å². The van der Waals surface area contributed by atoms with E-state index < -0.39 is 0 Å². The number of aromatic nitrogens is 3. The highest BCUT2D eigenvalue weighted by Gasteiger charge is 2.27. The van der Waals surface area contributed by atoms with Crippen molar-refractivity contribution in [1.29, 1.82) is 0 Å². The van der Waals surface area contributed by atoms with Gasteiger partial charge in [-0.1, -0.05) is 35.3 Å². The first-order chi connectivity index (χ1) is 8.66. The van der Waals surface area contributed by atoms with Crippen molar-refractivity contribution >= 4 is 29.2 Å². The summed E-state index contributed by atoms with van der Waals surface area (Å²) in [6, 6.07) is 5.68. The molecular weight excluding hydrogens is 271 g/mol. The topological polar surface area (TPSA) is 56.7 Å². The number of benzene rings is 1. The summed E-state index contributed by atoms with van der Waals surface area (Å²) in [6.07, 6.45) is 2.02. The lowest BCUT2D eigenvalue weighted by Gasteiger charge is -2.23. The predicted molar refractivity (Wildman–Crippen MR) is 72.0 cm³/mol. The molecule has 0 radical (unpaired) electrons. The summed E-state index contributed by atoms with van der Waals surface area (Å²) < 4.78 is 1.86. The van der Waals surface area contributed by atoms with E-state index >= 15 is 0 Å². The van der Waals surface area contributed by atoms with Crippen molar-refractivity contribution in [3.63, 3.8) is 0 Å². The molecule has 0 saturated carbocycles. The zero-order chi connectivity index (χ0) is 12.7. The number of rotatable bonds is 1. The van der Waals surface area contributed by atoms with Crippen LogP contribution in [0, 0.1) is 0 Å². The van der Waals surface area contributed by atoms with Gasteiger partial charge in [0.05, 0.1) is 10.0 Å². The van der Waals surface area contributed by atoms with Crippen LogP contribution < -0.4 is 5.73 Å². The quantitative estimate of drug-likeness (QED) is 0.875. The third-order valence-electron chi connectivity index (χ3n) is 3.25. The Labute approximate surface area is 115 Å². The van der Waals surface area contributed by atoms with Crippen LogP contribution in [-0.2, 0) is 6.54 Å². The molecule has 0 bridgehead atoms. The molecule has 0 amide bonds. The van der Waals surface area contributed by atoms with Crippen molar-refractivity contribution in [1.82, 2.24) is 14.8 Å². The van der Waals surface area contributed by atoms with E-state index in [1.54, 1.807) is 6.07 Å². The first kappa shape index (κ1) is 11.8. The molecule has 4 nitrogen and oxygen atoms in total. The molecule has 1 aromatic heterocycles. The molecule has 1 unspecified atom stereocenters. The standard InChI is InChI=1S/C12H12Cl2N4/c13-9-5-1-3-7(10(9)14)8-4-2-6-18-11(8)16-12(15)17-18/h1,3,5,8H,2,4,6H2,(H2,15,17). The van der Waals surface area contributed by atoms with Crippen molar-refractivity contribution in [2.45, 2.75) is 25.3 Å². The highest BCUT2D eigenvalue weighted by atomic mass is 35.5. The minimum atomic E-state index is 0.120. The molecule has 2 heterocycles. The Morgan fingerprint density at radius 3 is 3.00 bits per heavy atom. The first-order valence-corrected chi connectivity index (χ1v) is 6.56. The van der Waals surface area contributed by atoms with Crippen molar-refractivity contribution < 1.29 is 0 Å². The van der Waals surface area contributed by atoms with E-state index in [9.17, 15) is 0 Å². The van der Waals surface area contributed by atoms with Crippen LogP contribution in [0.25, 0.3) is 0 Å². The van der Waals surface area contributed by atoms with Gasteiger partial charge in [0.25, 0.3) is 0 Å². The normalized spacial score (nSPS) is 18.7. The summed E-state index contributed by atoms with van der Waals surface area (Å²) in [6.45, 7) is 0.855. The maximum Gasteiger partial charge on any atom is 0.239 e. The van der Waals surface area contributed by atoms with Crippen LogP contribution in [0.5, 0.6) is 0 Å². The lowest BCUT2D eigenvalue weighted by molar-refractivity contribution is 0.446. The van der Waals surface area contributed by atoms with Gasteiger partial charge in [-0.25, -0.2) is 4.68 Å². The van der Waals surface area contributed by atoms with Gasteiger partial charge in [-0.2, -0.15) is 4.98 Å². The summed E-state index contributed by atoms with van der Waals surface area (Å²) in [5, 5.41) is 5.35. The average molecular weight is 283 g/mol. The van der Waals surface area contributed by atoms with Crippen LogP contribution >= 0.6 is 23.2 Å². The highest BCUT2D eigenvalue weighted by Crippen LogP contribution is 2.38. The zero-order valence-electron chi connectivity index (χ0n) is 9.61. The first-order valence-electron chi connectivity index (χ1n) is 5.81. The van der Waals surface area contributed by atoms with Crippen molar-refractivity contribution in [3.05, 3.63) is 39.6 Å². The van der Waals surface area contributed by atoms with Gasteiger partial charge >= 0.3 is 0 Å². The molecule has 2 aromatic rings. The number of anilines is 1. The molecule has 0 aliphatic carbocycles. The number of nitrogens with zero attached hydrogens (tertiary/aromatic N) is 3. The van der Waals surface area contributed by atoms with Crippen LogP contribution in [0.15, 0.2) is 18.2 Å². The second kappa shape index (κ2) is 4.44. The number of fused-ring (bicyclic) bond motifs is 1. The summed E-state index contributed by atoms with van der Waals surface area (Å²) in [7, 11) is 0. The van der Waals surface area contributed by atoms with Crippen molar-refractivity contribution in [3.8, 4) is 0 Å². The third-order valence-corrected chi connectivity index (χ3v) is 4.08. The van der Waals surface area contributed by atoms with Gasteiger partial charge in [-0.3, -0.25) is 0 Å². The van der Waals surface area contributed by atoms with Crippen LogP contribution in [0.4, 0.5) is 5.95 Å². The molecule has 1 aliphatic heterocycles. The fourth-order valence-corrected chi connectivity index (χ4v) is 2.89. The molecule has 2 N–H and O–H groups in total. The monoisotopic (exact) mass is 282 g/mol. The number of halogens is 2. The molecule has 0 fully saturated rings. The Hall–Kier alpha value is -1.26. The Bertz CT molecular complexity index is 594.